The Balaban J connectivity index is 1.71. The largest absolute Gasteiger partial charge is 0.352 e. The summed E-state index contributed by atoms with van der Waals surface area (Å²) in [5.41, 5.74) is 6.21. The van der Waals surface area contributed by atoms with E-state index in [0.29, 0.717) is 11.3 Å². The highest BCUT2D eigenvalue weighted by Gasteiger charge is 2.23. The van der Waals surface area contributed by atoms with Crippen LogP contribution in [0.5, 0.6) is 0 Å². The summed E-state index contributed by atoms with van der Waals surface area (Å²) in [4.78, 5) is 39.5. The van der Waals surface area contributed by atoms with Gasteiger partial charge in [-0.3, -0.25) is 9.59 Å². The topological polar surface area (TPSA) is 105 Å². The Morgan fingerprint density at radius 1 is 1.07 bits per heavy atom. The number of amides is 4. The number of piperidine rings is 1. The number of carbonyl (C=O) groups is 3. The van der Waals surface area contributed by atoms with Gasteiger partial charge in [0.2, 0.25) is 5.91 Å². The maximum Gasteiger partial charge on any atom is 0.312 e. The lowest BCUT2D eigenvalue weighted by molar-refractivity contribution is -0.116. The average Bonchev–Trinajstić information content (AvgIpc) is 3.22. The van der Waals surface area contributed by atoms with Crippen molar-refractivity contribution in [2.24, 2.45) is 5.73 Å². The molecule has 148 valence electrons. The smallest absolute Gasteiger partial charge is 0.312 e. The Morgan fingerprint density at radius 3 is 2.50 bits per heavy atom. The third-order valence-corrected chi connectivity index (χ3v) is 5.65. The third-order valence-electron chi connectivity index (χ3n) is 4.67. The van der Waals surface area contributed by atoms with Crippen molar-refractivity contribution in [3.8, 4) is 0 Å². The van der Waals surface area contributed by atoms with Crippen LogP contribution < -0.4 is 16.4 Å². The number of carbonyl (C=O) groups excluding carboxylic acids is 3. The van der Waals surface area contributed by atoms with Crippen LogP contribution in [0.2, 0.25) is 0 Å². The molecule has 2 heterocycles. The van der Waals surface area contributed by atoms with E-state index in [-0.39, 0.29) is 18.2 Å². The summed E-state index contributed by atoms with van der Waals surface area (Å²) < 4.78 is 0. The highest BCUT2D eigenvalue weighted by Crippen LogP contribution is 2.24. The standard InChI is InChI=1S/C20H24N4O3S/c21-20(27)23-16(17-9-6-12-28-17)13-18(25)22-15-8-3-2-7-14(15)19(26)24-10-4-1-5-11-24/h2-3,6-9,12,16H,1,4-5,10-11,13H2,(H,22,25)(H3,21,23,27). The van der Waals surface area contributed by atoms with Gasteiger partial charge in [-0.2, -0.15) is 0 Å². The van der Waals surface area contributed by atoms with E-state index in [9.17, 15) is 14.4 Å². The molecule has 1 fully saturated rings. The van der Waals surface area contributed by atoms with Crippen molar-refractivity contribution in [1.29, 1.82) is 0 Å². The number of nitrogens with one attached hydrogen (secondary N) is 2. The Kier molecular flexibility index (Phi) is 6.65. The number of primary amides is 1. The van der Waals surface area contributed by atoms with E-state index < -0.39 is 12.1 Å². The fraction of sp³-hybridized carbons (Fsp3) is 0.350. The van der Waals surface area contributed by atoms with E-state index in [1.807, 2.05) is 22.4 Å². The van der Waals surface area contributed by atoms with Gasteiger partial charge in [0.25, 0.3) is 5.91 Å². The Labute approximate surface area is 167 Å². The van der Waals surface area contributed by atoms with E-state index in [0.717, 1.165) is 37.2 Å². The molecule has 0 aliphatic carbocycles. The van der Waals surface area contributed by atoms with Crippen molar-refractivity contribution in [2.45, 2.75) is 31.7 Å². The molecule has 1 aliphatic heterocycles. The molecule has 1 aromatic heterocycles. The summed E-state index contributed by atoms with van der Waals surface area (Å²) in [6.45, 7) is 1.48. The molecule has 0 radical (unpaired) electrons. The molecule has 1 atom stereocenters. The monoisotopic (exact) mass is 400 g/mol. The predicted molar refractivity (Wildman–Crippen MR) is 109 cm³/mol. The zero-order valence-electron chi connectivity index (χ0n) is 15.5. The summed E-state index contributed by atoms with van der Waals surface area (Å²) in [5.74, 6) is -0.369. The molecule has 1 saturated heterocycles. The molecule has 0 bridgehead atoms. The fourth-order valence-corrected chi connectivity index (χ4v) is 4.09. The van der Waals surface area contributed by atoms with E-state index in [1.165, 1.54) is 11.3 Å². The summed E-state index contributed by atoms with van der Waals surface area (Å²) >= 11 is 1.44. The van der Waals surface area contributed by atoms with E-state index in [1.54, 1.807) is 24.3 Å². The quantitative estimate of drug-likeness (QED) is 0.694. The molecular weight excluding hydrogens is 376 g/mol. The van der Waals surface area contributed by atoms with Gasteiger partial charge in [-0.15, -0.1) is 11.3 Å². The van der Waals surface area contributed by atoms with Crippen LogP contribution in [-0.2, 0) is 4.79 Å². The molecule has 7 nitrogen and oxygen atoms in total. The van der Waals surface area contributed by atoms with E-state index >= 15 is 0 Å². The van der Waals surface area contributed by atoms with Crippen molar-refractivity contribution >= 4 is 34.9 Å². The second kappa shape index (κ2) is 9.36. The highest BCUT2D eigenvalue weighted by molar-refractivity contribution is 7.10. The third kappa shape index (κ3) is 5.10. The molecule has 1 unspecified atom stereocenters. The number of hydrogen-bond acceptors (Lipinski definition) is 4. The Hall–Kier alpha value is -2.87. The summed E-state index contributed by atoms with van der Waals surface area (Å²) in [6.07, 6.45) is 3.16. The fourth-order valence-electron chi connectivity index (χ4n) is 3.32. The minimum Gasteiger partial charge on any atom is -0.352 e. The first-order valence-electron chi connectivity index (χ1n) is 9.32. The second-order valence-electron chi connectivity index (χ2n) is 6.73. The number of anilines is 1. The summed E-state index contributed by atoms with van der Waals surface area (Å²) in [5, 5.41) is 7.29. The molecule has 4 amide bonds. The van der Waals surface area contributed by atoms with Crippen molar-refractivity contribution < 1.29 is 14.4 Å². The first-order valence-corrected chi connectivity index (χ1v) is 10.2. The van der Waals surface area contributed by atoms with Crippen LogP contribution in [0.3, 0.4) is 0 Å². The molecule has 4 N–H and O–H groups in total. The summed E-state index contributed by atoms with van der Waals surface area (Å²) in [7, 11) is 0. The van der Waals surface area contributed by atoms with Gasteiger partial charge in [-0.05, 0) is 42.8 Å². The Bertz CT molecular complexity index is 832. The normalized spacial score (nSPS) is 14.9. The van der Waals surface area contributed by atoms with Gasteiger partial charge in [-0.25, -0.2) is 4.79 Å². The van der Waals surface area contributed by atoms with Gasteiger partial charge in [-0.1, -0.05) is 18.2 Å². The van der Waals surface area contributed by atoms with Crippen molar-refractivity contribution in [1.82, 2.24) is 10.2 Å². The number of hydrogen-bond donors (Lipinski definition) is 3. The second-order valence-corrected chi connectivity index (χ2v) is 7.71. The van der Waals surface area contributed by atoms with Gasteiger partial charge in [0, 0.05) is 18.0 Å². The zero-order chi connectivity index (χ0) is 19.9. The van der Waals surface area contributed by atoms with Crippen LogP contribution >= 0.6 is 11.3 Å². The first kappa shape index (κ1) is 19.9. The van der Waals surface area contributed by atoms with Crippen LogP contribution in [-0.4, -0.2) is 35.8 Å². The number of nitrogens with zero attached hydrogens (tertiary/aromatic N) is 1. The van der Waals surface area contributed by atoms with Crippen LogP contribution in [0.1, 0.15) is 47.0 Å². The molecule has 0 saturated carbocycles. The minimum absolute atomic E-state index is 0.0235. The van der Waals surface area contributed by atoms with Gasteiger partial charge < -0.3 is 21.3 Å². The van der Waals surface area contributed by atoms with Gasteiger partial charge in [0.05, 0.1) is 23.7 Å². The number of rotatable bonds is 6. The number of benzene rings is 1. The van der Waals surface area contributed by atoms with Crippen molar-refractivity contribution in [3.63, 3.8) is 0 Å². The van der Waals surface area contributed by atoms with E-state index in [4.69, 9.17) is 5.73 Å². The number of likely N-dealkylation sites (tertiary alicyclic amines) is 1. The van der Waals surface area contributed by atoms with Gasteiger partial charge in [0.1, 0.15) is 0 Å². The van der Waals surface area contributed by atoms with Crippen LogP contribution in [0, 0.1) is 0 Å². The molecule has 1 aromatic carbocycles. The molecular formula is C20H24N4O3S. The highest BCUT2D eigenvalue weighted by atomic mass is 32.1. The predicted octanol–water partition coefficient (Wildman–Crippen LogP) is 3.11. The SMILES string of the molecule is NC(=O)NC(CC(=O)Nc1ccccc1C(=O)N1CCCCC1)c1cccs1. The molecule has 2 aromatic rings. The average molecular weight is 401 g/mol. The van der Waals surface area contributed by atoms with Crippen LogP contribution in [0.25, 0.3) is 0 Å². The van der Waals surface area contributed by atoms with Crippen LogP contribution in [0.4, 0.5) is 10.5 Å². The lowest BCUT2D eigenvalue weighted by Crippen LogP contribution is -2.36. The van der Waals surface area contributed by atoms with Gasteiger partial charge in [0.15, 0.2) is 0 Å². The van der Waals surface area contributed by atoms with Gasteiger partial charge >= 0.3 is 6.03 Å². The lowest BCUT2D eigenvalue weighted by atomic mass is 10.1. The first-order chi connectivity index (χ1) is 13.5. The Morgan fingerprint density at radius 2 is 1.82 bits per heavy atom. The molecule has 3 rings (SSSR count). The van der Waals surface area contributed by atoms with Crippen molar-refractivity contribution in [3.05, 3.63) is 52.2 Å². The van der Waals surface area contributed by atoms with Crippen molar-refractivity contribution in [2.75, 3.05) is 18.4 Å². The molecule has 28 heavy (non-hydrogen) atoms. The number of urea groups is 1. The van der Waals surface area contributed by atoms with E-state index in [2.05, 4.69) is 10.6 Å². The maximum absolute atomic E-state index is 12.9. The number of para-hydroxylation sites is 1. The van der Waals surface area contributed by atoms with Crippen LogP contribution in [0.15, 0.2) is 41.8 Å². The minimum atomic E-state index is -0.688. The summed E-state index contributed by atoms with van der Waals surface area (Å²) in [6, 6.07) is 9.50. The number of nitrogens with two attached hydrogens (primary N) is 1. The molecule has 8 heteroatoms. The molecule has 1 aliphatic rings. The maximum atomic E-state index is 12.9. The zero-order valence-corrected chi connectivity index (χ0v) is 16.3. The molecule has 0 spiro atoms. The lowest BCUT2D eigenvalue weighted by Gasteiger charge is -2.27. The number of thiophene rings is 1.